The largest absolute Gasteiger partial charge is 0.336 e. The number of amides is 1. The normalized spacial score (nSPS) is 15.7. The van der Waals surface area contributed by atoms with E-state index in [1.165, 1.54) is 5.56 Å². The van der Waals surface area contributed by atoms with Crippen molar-refractivity contribution in [2.45, 2.75) is 20.4 Å². The molecule has 1 amide bonds. The summed E-state index contributed by atoms with van der Waals surface area (Å²) in [6.07, 6.45) is 0. The first kappa shape index (κ1) is 15.8. The summed E-state index contributed by atoms with van der Waals surface area (Å²) in [4.78, 5) is 17.2. The number of hydrogen-bond acceptors (Lipinski definition) is 2. The van der Waals surface area contributed by atoms with Crippen molar-refractivity contribution < 1.29 is 4.79 Å². The van der Waals surface area contributed by atoms with Gasteiger partial charge in [-0.05, 0) is 31.0 Å². The fraction of sp³-hybridized carbons (Fsp3) is 0.350. The van der Waals surface area contributed by atoms with Gasteiger partial charge >= 0.3 is 0 Å². The predicted molar refractivity (Wildman–Crippen MR) is 93.5 cm³/mol. The molecule has 0 atom stereocenters. The van der Waals surface area contributed by atoms with Crippen LogP contribution < -0.4 is 0 Å². The third kappa shape index (κ3) is 3.80. The fourth-order valence-corrected chi connectivity index (χ4v) is 3.09. The van der Waals surface area contributed by atoms with Gasteiger partial charge in [0.2, 0.25) is 0 Å². The molecule has 0 saturated carbocycles. The van der Waals surface area contributed by atoms with Crippen molar-refractivity contribution in [2.24, 2.45) is 0 Å². The lowest BCUT2D eigenvalue weighted by Gasteiger charge is -2.35. The van der Waals surface area contributed by atoms with Gasteiger partial charge in [-0.2, -0.15) is 0 Å². The molecule has 3 nitrogen and oxygen atoms in total. The molecule has 1 aliphatic rings. The van der Waals surface area contributed by atoms with Crippen molar-refractivity contribution in [3.05, 3.63) is 70.8 Å². The van der Waals surface area contributed by atoms with Gasteiger partial charge in [0.15, 0.2) is 0 Å². The molecule has 3 rings (SSSR count). The Morgan fingerprint density at radius 2 is 1.65 bits per heavy atom. The second-order valence-electron chi connectivity index (χ2n) is 6.37. The van der Waals surface area contributed by atoms with Gasteiger partial charge in [0.25, 0.3) is 5.91 Å². The van der Waals surface area contributed by atoms with E-state index >= 15 is 0 Å². The van der Waals surface area contributed by atoms with Crippen molar-refractivity contribution in [1.82, 2.24) is 9.80 Å². The van der Waals surface area contributed by atoms with Gasteiger partial charge in [0.05, 0.1) is 0 Å². The van der Waals surface area contributed by atoms with Gasteiger partial charge in [-0.1, -0.05) is 48.0 Å². The van der Waals surface area contributed by atoms with Crippen LogP contribution in [0.25, 0.3) is 0 Å². The third-order valence-corrected chi connectivity index (χ3v) is 4.53. The van der Waals surface area contributed by atoms with Crippen LogP contribution in [0.15, 0.2) is 48.5 Å². The number of piperazine rings is 1. The van der Waals surface area contributed by atoms with Crippen LogP contribution in [0.1, 0.15) is 27.0 Å². The van der Waals surface area contributed by atoms with Crippen LogP contribution in [0.4, 0.5) is 0 Å². The molecule has 1 fully saturated rings. The van der Waals surface area contributed by atoms with E-state index in [-0.39, 0.29) is 5.91 Å². The van der Waals surface area contributed by atoms with Crippen LogP contribution in [0.3, 0.4) is 0 Å². The SMILES string of the molecule is Cc1ccc(C)c(C(=O)N2CCN(Cc3ccccc3)CC2)c1. The number of carbonyl (C=O) groups is 1. The molecule has 2 aromatic carbocycles. The highest BCUT2D eigenvalue weighted by atomic mass is 16.2. The van der Waals surface area contributed by atoms with Crippen molar-refractivity contribution in [2.75, 3.05) is 26.2 Å². The Hall–Kier alpha value is -2.13. The smallest absolute Gasteiger partial charge is 0.254 e. The summed E-state index contributed by atoms with van der Waals surface area (Å²) in [5, 5.41) is 0. The van der Waals surface area contributed by atoms with E-state index < -0.39 is 0 Å². The average molecular weight is 308 g/mol. The molecule has 0 N–H and O–H groups in total. The minimum Gasteiger partial charge on any atom is -0.336 e. The summed E-state index contributed by atoms with van der Waals surface area (Å²) >= 11 is 0. The van der Waals surface area contributed by atoms with Crippen LogP contribution in [0, 0.1) is 13.8 Å². The summed E-state index contributed by atoms with van der Waals surface area (Å²) < 4.78 is 0. The zero-order valence-corrected chi connectivity index (χ0v) is 14.0. The first-order chi connectivity index (χ1) is 11.1. The summed E-state index contributed by atoms with van der Waals surface area (Å²) in [6, 6.07) is 16.6. The minimum absolute atomic E-state index is 0.172. The molecule has 3 heteroatoms. The quantitative estimate of drug-likeness (QED) is 0.869. The van der Waals surface area contributed by atoms with E-state index in [0.717, 1.165) is 49.4 Å². The van der Waals surface area contributed by atoms with Gasteiger partial charge in [0.1, 0.15) is 0 Å². The van der Waals surface area contributed by atoms with Gasteiger partial charge in [0, 0.05) is 38.3 Å². The molecule has 0 aliphatic carbocycles. The molecule has 0 unspecified atom stereocenters. The van der Waals surface area contributed by atoms with Crippen LogP contribution in [-0.4, -0.2) is 41.9 Å². The maximum atomic E-state index is 12.7. The Balaban J connectivity index is 1.60. The average Bonchev–Trinajstić information content (AvgIpc) is 2.58. The topological polar surface area (TPSA) is 23.6 Å². The summed E-state index contributed by atoms with van der Waals surface area (Å²) in [6.45, 7) is 8.49. The van der Waals surface area contributed by atoms with Gasteiger partial charge in [-0.3, -0.25) is 9.69 Å². The molecular weight excluding hydrogens is 284 g/mol. The number of nitrogens with zero attached hydrogens (tertiary/aromatic N) is 2. The third-order valence-electron chi connectivity index (χ3n) is 4.53. The summed E-state index contributed by atoms with van der Waals surface area (Å²) in [7, 11) is 0. The van der Waals surface area contributed by atoms with Crippen molar-refractivity contribution in [3.8, 4) is 0 Å². The number of aryl methyl sites for hydroxylation is 2. The zero-order valence-electron chi connectivity index (χ0n) is 14.0. The highest BCUT2D eigenvalue weighted by Gasteiger charge is 2.23. The van der Waals surface area contributed by atoms with E-state index in [1.807, 2.05) is 36.9 Å². The second-order valence-corrected chi connectivity index (χ2v) is 6.37. The van der Waals surface area contributed by atoms with Crippen molar-refractivity contribution in [1.29, 1.82) is 0 Å². The number of hydrogen-bond donors (Lipinski definition) is 0. The maximum absolute atomic E-state index is 12.7. The molecule has 0 bridgehead atoms. The predicted octanol–water partition coefficient (Wildman–Crippen LogP) is 3.26. The van der Waals surface area contributed by atoms with E-state index in [1.54, 1.807) is 0 Å². The van der Waals surface area contributed by atoms with E-state index in [9.17, 15) is 4.79 Å². The molecule has 1 heterocycles. The first-order valence-electron chi connectivity index (χ1n) is 8.26. The lowest BCUT2D eigenvalue weighted by Crippen LogP contribution is -2.48. The molecular formula is C20H24N2O. The van der Waals surface area contributed by atoms with Crippen LogP contribution in [0.5, 0.6) is 0 Å². The minimum atomic E-state index is 0.172. The Morgan fingerprint density at radius 3 is 2.35 bits per heavy atom. The Kier molecular flexibility index (Phi) is 4.77. The van der Waals surface area contributed by atoms with Crippen molar-refractivity contribution >= 4 is 5.91 Å². The van der Waals surface area contributed by atoms with E-state index in [4.69, 9.17) is 0 Å². The zero-order chi connectivity index (χ0) is 16.2. The van der Waals surface area contributed by atoms with Crippen LogP contribution in [0.2, 0.25) is 0 Å². The number of benzene rings is 2. The fourth-order valence-electron chi connectivity index (χ4n) is 3.09. The highest BCUT2D eigenvalue weighted by molar-refractivity contribution is 5.95. The summed E-state index contributed by atoms with van der Waals surface area (Å²) in [5.41, 5.74) is 4.39. The monoisotopic (exact) mass is 308 g/mol. The summed E-state index contributed by atoms with van der Waals surface area (Å²) in [5.74, 6) is 0.172. The molecule has 120 valence electrons. The molecule has 1 saturated heterocycles. The van der Waals surface area contributed by atoms with Gasteiger partial charge < -0.3 is 4.90 Å². The Bertz CT molecular complexity index is 673. The van der Waals surface area contributed by atoms with E-state index in [2.05, 4.69) is 35.2 Å². The van der Waals surface area contributed by atoms with E-state index in [0.29, 0.717) is 0 Å². The molecule has 0 aromatic heterocycles. The van der Waals surface area contributed by atoms with Gasteiger partial charge in [-0.25, -0.2) is 0 Å². The molecule has 23 heavy (non-hydrogen) atoms. The highest BCUT2D eigenvalue weighted by Crippen LogP contribution is 2.16. The van der Waals surface area contributed by atoms with Gasteiger partial charge in [-0.15, -0.1) is 0 Å². The molecule has 1 aliphatic heterocycles. The Morgan fingerprint density at radius 1 is 0.957 bits per heavy atom. The molecule has 0 radical (unpaired) electrons. The lowest BCUT2D eigenvalue weighted by atomic mass is 10.0. The number of carbonyl (C=O) groups excluding carboxylic acids is 1. The Labute approximate surface area is 138 Å². The first-order valence-corrected chi connectivity index (χ1v) is 8.26. The lowest BCUT2D eigenvalue weighted by molar-refractivity contribution is 0.0627. The van der Waals surface area contributed by atoms with Crippen molar-refractivity contribution in [3.63, 3.8) is 0 Å². The number of rotatable bonds is 3. The van der Waals surface area contributed by atoms with Crippen LogP contribution >= 0.6 is 0 Å². The second kappa shape index (κ2) is 6.97. The maximum Gasteiger partial charge on any atom is 0.254 e. The molecule has 0 spiro atoms. The van der Waals surface area contributed by atoms with Crippen LogP contribution in [-0.2, 0) is 6.54 Å². The standard InChI is InChI=1S/C20H24N2O/c1-16-8-9-17(2)19(14-16)20(23)22-12-10-21(11-13-22)15-18-6-4-3-5-7-18/h3-9,14H,10-13,15H2,1-2H3. The molecule has 2 aromatic rings.